The fourth-order valence-electron chi connectivity index (χ4n) is 5.44. The fraction of sp³-hybridized carbons (Fsp3) is 0.407. The second-order valence-corrected chi connectivity index (χ2v) is 9.89. The van der Waals surface area contributed by atoms with Crippen molar-refractivity contribution in [3.05, 3.63) is 70.9 Å². The number of halogens is 1. The Bertz CT molecular complexity index is 1180. The van der Waals surface area contributed by atoms with Gasteiger partial charge in [0.2, 0.25) is 0 Å². The van der Waals surface area contributed by atoms with Crippen molar-refractivity contribution in [1.82, 2.24) is 15.2 Å². The van der Waals surface area contributed by atoms with Gasteiger partial charge < -0.3 is 15.2 Å². The average Bonchev–Trinajstić information content (AvgIpc) is 3.25. The van der Waals surface area contributed by atoms with Crippen molar-refractivity contribution in [1.29, 1.82) is 0 Å². The van der Waals surface area contributed by atoms with Gasteiger partial charge in [0.15, 0.2) is 0 Å². The van der Waals surface area contributed by atoms with Crippen molar-refractivity contribution in [3.8, 4) is 5.75 Å². The highest BCUT2D eigenvalue weighted by molar-refractivity contribution is 6.32. The Labute approximate surface area is 204 Å². The molecule has 5 rings (SSSR count). The fourth-order valence-corrected chi connectivity index (χ4v) is 5.68. The molecule has 2 aliphatic rings. The van der Waals surface area contributed by atoms with Gasteiger partial charge >= 0.3 is 5.97 Å². The van der Waals surface area contributed by atoms with Crippen LogP contribution in [-0.4, -0.2) is 59.3 Å². The van der Waals surface area contributed by atoms with Crippen molar-refractivity contribution in [2.75, 3.05) is 26.7 Å². The first kappa shape index (κ1) is 23.1. The molecule has 0 spiro atoms. The highest BCUT2D eigenvalue weighted by Crippen LogP contribution is 2.42. The van der Waals surface area contributed by atoms with Crippen molar-refractivity contribution in [2.24, 2.45) is 0 Å². The van der Waals surface area contributed by atoms with Crippen LogP contribution in [0.1, 0.15) is 36.3 Å². The van der Waals surface area contributed by atoms with E-state index in [9.17, 15) is 9.90 Å². The Hall–Kier alpha value is -2.67. The van der Waals surface area contributed by atoms with E-state index in [-0.39, 0.29) is 0 Å². The molecule has 1 aliphatic carbocycles. The molecule has 6 nitrogen and oxygen atoms in total. The largest absolute Gasteiger partial charge is 0.497 e. The normalized spacial score (nSPS) is 24.8. The number of rotatable bonds is 8. The summed E-state index contributed by atoms with van der Waals surface area (Å²) in [6.07, 6.45) is 5.07. The standard InChI is InChI=1S/C27H30ClN3O3/c1-34-21-7-8-25-23(15-21)22(24(28)16-29-25)9-11-30-27(26(32)33)10-12-31(17-27)20-13-19(14-20)18-5-3-2-4-6-18/h2-8,15-16,19-20,30H,9-14,17H2,1H3,(H,32,33). The molecule has 0 bridgehead atoms. The Morgan fingerprint density at radius 2 is 2.06 bits per heavy atom. The Morgan fingerprint density at radius 1 is 1.26 bits per heavy atom. The van der Waals surface area contributed by atoms with Gasteiger partial charge in [0.1, 0.15) is 11.3 Å². The van der Waals surface area contributed by atoms with Crippen LogP contribution in [0.5, 0.6) is 5.75 Å². The molecule has 1 aliphatic heterocycles. The zero-order valence-electron chi connectivity index (χ0n) is 19.3. The second-order valence-electron chi connectivity index (χ2n) is 9.49. The number of nitrogens with zero attached hydrogens (tertiary/aromatic N) is 2. The van der Waals surface area contributed by atoms with E-state index in [1.165, 1.54) is 5.56 Å². The van der Waals surface area contributed by atoms with E-state index in [0.717, 1.165) is 41.6 Å². The topological polar surface area (TPSA) is 74.7 Å². The lowest BCUT2D eigenvalue weighted by Crippen LogP contribution is -2.56. The highest BCUT2D eigenvalue weighted by Gasteiger charge is 2.48. The van der Waals surface area contributed by atoms with Crippen LogP contribution in [-0.2, 0) is 11.2 Å². The number of carboxylic acids is 1. The predicted molar refractivity (Wildman–Crippen MR) is 134 cm³/mol. The number of fused-ring (bicyclic) bond motifs is 1. The second kappa shape index (κ2) is 9.53. The Kier molecular flexibility index (Phi) is 6.47. The lowest BCUT2D eigenvalue weighted by atomic mass is 9.75. The van der Waals surface area contributed by atoms with Gasteiger partial charge in [-0.1, -0.05) is 41.9 Å². The minimum absolute atomic E-state index is 0.458. The van der Waals surface area contributed by atoms with Gasteiger partial charge in [-0.25, -0.2) is 0 Å². The van der Waals surface area contributed by atoms with E-state index in [4.69, 9.17) is 16.3 Å². The first-order valence-electron chi connectivity index (χ1n) is 11.9. The lowest BCUT2D eigenvalue weighted by Gasteiger charge is -2.42. The smallest absolute Gasteiger partial charge is 0.325 e. The molecule has 1 atom stereocenters. The third-order valence-electron chi connectivity index (χ3n) is 7.58. The maximum atomic E-state index is 12.3. The molecule has 1 unspecified atom stereocenters. The van der Waals surface area contributed by atoms with Gasteiger partial charge in [0, 0.05) is 37.3 Å². The van der Waals surface area contributed by atoms with E-state index >= 15 is 0 Å². The molecule has 34 heavy (non-hydrogen) atoms. The average molecular weight is 480 g/mol. The number of methoxy groups -OCH3 is 1. The predicted octanol–water partition coefficient (Wildman–Crippen LogP) is 4.50. The third kappa shape index (κ3) is 4.38. The lowest BCUT2D eigenvalue weighted by molar-refractivity contribution is -0.144. The van der Waals surface area contributed by atoms with Crippen molar-refractivity contribution >= 4 is 28.5 Å². The van der Waals surface area contributed by atoms with Gasteiger partial charge in [-0.3, -0.25) is 14.7 Å². The Balaban J connectivity index is 1.23. The molecular weight excluding hydrogens is 450 g/mol. The van der Waals surface area contributed by atoms with Crippen LogP contribution in [0.25, 0.3) is 10.9 Å². The molecule has 3 aromatic rings. The van der Waals surface area contributed by atoms with Crippen LogP contribution >= 0.6 is 11.6 Å². The molecule has 2 fully saturated rings. The number of benzene rings is 2. The molecule has 178 valence electrons. The molecule has 7 heteroatoms. The SMILES string of the molecule is COc1ccc2ncc(Cl)c(CCNC3(C(=O)O)CCN(C4CC(c5ccccc5)C4)C3)c2c1. The number of hydrogen-bond acceptors (Lipinski definition) is 5. The summed E-state index contributed by atoms with van der Waals surface area (Å²) in [7, 11) is 1.63. The van der Waals surface area contributed by atoms with Gasteiger partial charge in [-0.15, -0.1) is 0 Å². The van der Waals surface area contributed by atoms with E-state index in [1.54, 1.807) is 13.3 Å². The first-order valence-corrected chi connectivity index (χ1v) is 12.3. The quantitative estimate of drug-likeness (QED) is 0.495. The summed E-state index contributed by atoms with van der Waals surface area (Å²) in [5.41, 5.74) is 2.26. The molecule has 1 saturated heterocycles. The molecule has 2 heterocycles. The van der Waals surface area contributed by atoms with Crippen molar-refractivity contribution in [2.45, 2.75) is 43.2 Å². The Morgan fingerprint density at radius 3 is 2.79 bits per heavy atom. The van der Waals surface area contributed by atoms with E-state index < -0.39 is 11.5 Å². The van der Waals surface area contributed by atoms with Gasteiger partial charge in [-0.2, -0.15) is 0 Å². The molecule has 1 saturated carbocycles. The number of aromatic nitrogens is 1. The monoisotopic (exact) mass is 479 g/mol. The summed E-state index contributed by atoms with van der Waals surface area (Å²) in [5.74, 6) is 0.549. The highest BCUT2D eigenvalue weighted by atomic mass is 35.5. The van der Waals surface area contributed by atoms with Gasteiger partial charge in [0.05, 0.1) is 17.6 Å². The summed E-state index contributed by atoms with van der Waals surface area (Å²) < 4.78 is 5.37. The number of pyridine rings is 1. The van der Waals surface area contributed by atoms with Crippen molar-refractivity contribution < 1.29 is 14.6 Å². The number of carboxylic acid groups (broad SMARTS) is 1. The molecular formula is C27H30ClN3O3. The number of carbonyl (C=O) groups is 1. The number of likely N-dealkylation sites (tertiary alicyclic amines) is 1. The van der Waals surface area contributed by atoms with Crippen LogP contribution in [0.4, 0.5) is 0 Å². The number of nitrogens with one attached hydrogen (secondary N) is 1. The number of ether oxygens (including phenoxy) is 1. The molecule has 2 aromatic carbocycles. The summed E-state index contributed by atoms with van der Waals surface area (Å²) in [6.45, 7) is 1.86. The van der Waals surface area contributed by atoms with E-state index in [1.807, 2.05) is 24.3 Å². The maximum absolute atomic E-state index is 12.3. The number of hydrogen-bond donors (Lipinski definition) is 2. The van der Waals surface area contributed by atoms with Crippen LogP contribution in [0.15, 0.2) is 54.7 Å². The van der Waals surface area contributed by atoms with Crippen LogP contribution < -0.4 is 10.1 Å². The number of aliphatic carboxylic acids is 1. The molecule has 1 aromatic heterocycles. The van der Waals surface area contributed by atoms with Gasteiger partial charge in [0.25, 0.3) is 0 Å². The minimum Gasteiger partial charge on any atom is -0.497 e. The zero-order valence-corrected chi connectivity index (χ0v) is 20.1. The van der Waals surface area contributed by atoms with Gasteiger partial charge in [-0.05, 0) is 60.9 Å². The first-order chi connectivity index (χ1) is 16.5. The van der Waals surface area contributed by atoms with Crippen LogP contribution in [0.2, 0.25) is 5.02 Å². The summed E-state index contributed by atoms with van der Waals surface area (Å²) in [5, 5.41) is 15.0. The third-order valence-corrected chi connectivity index (χ3v) is 7.91. The van der Waals surface area contributed by atoms with Crippen LogP contribution in [0.3, 0.4) is 0 Å². The summed E-state index contributed by atoms with van der Waals surface area (Å²) in [6, 6.07) is 16.8. The van der Waals surface area contributed by atoms with E-state index in [2.05, 4.69) is 39.5 Å². The molecule has 2 N–H and O–H groups in total. The van der Waals surface area contributed by atoms with E-state index in [0.29, 0.717) is 42.9 Å². The van der Waals surface area contributed by atoms with Crippen molar-refractivity contribution in [3.63, 3.8) is 0 Å². The summed E-state index contributed by atoms with van der Waals surface area (Å²) in [4.78, 5) is 19.1. The maximum Gasteiger partial charge on any atom is 0.325 e. The molecule has 0 radical (unpaired) electrons. The zero-order chi connectivity index (χ0) is 23.7. The van der Waals surface area contributed by atoms with Crippen LogP contribution in [0, 0.1) is 0 Å². The minimum atomic E-state index is -0.926. The molecule has 0 amide bonds. The summed E-state index contributed by atoms with van der Waals surface area (Å²) >= 11 is 6.49.